The molecule has 1 amide bonds. The summed E-state index contributed by atoms with van der Waals surface area (Å²) in [5.41, 5.74) is -0.0831. The third kappa shape index (κ3) is 4.45. The molecule has 2 rings (SSSR count). The van der Waals surface area contributed by atoms with Crippen LogP contribution < -0.4 is 10.6 Å². The molecule has 122 valence electrons. The molecule has 2 aliphatic rings. The molecule has 0 aromatic carbocycles. The Kier molecular flexibility index (Phi) is 6.53. The summed E-state index contributed by atoms with van der Waals surface area (Å²) < 4.78 is 0. The molecule has 0 radical (unpaired) electrons. The van der Waals surface area contributed by atoms with Crippen molar-refractivity contribution in [1.29, 1.82) is 0 Å². The summed E-state index contributed by atoms with van der Waals surface area (Å²) in [7, 11) is 0. The summed E-state index contributed by atoms with van der Waals surface area (Å²) in [4.78, 5) is 12.8. The van der Waals surface area contributed by atoms with Crippen molar-refractivity contribution in [1.82, 2.24) is 10.6 Å². The molecule has 0 aromatic heterocycles. The molecule has 2 N–H and O–H groups in total. The predicted octanol–water partition coefficient (Wildman–Crippen LogP) is 3.63. The van der Waals surface area contributed by atoms with Crippen molar-refractivity contribution in [3.05, 3.63) is 0 Å². The number of amides is 1. The number of carbonyl (C=O) groups is 1. The Hall–Kier alpha value is -0.570. The van der Waals surface area contributed by atoms with E-state index in [4.69, 9.17) is 0 Å². The summed E-state index contributed by atoms with van der Waals surface area (Å²) in [5.74, 6) is 1.26. The first-order valence-corrected chi connectivity index (χ1v) is 9.22. The molecular formula is C18H34N2O. The summed E-state index contributed by atoms with van der Waals surface area (Å²) in [6.45, 7) is 6.47. The summed E-state index contributed by atoms with van der Waals surface area (Å²) in [6.07, 6.45) is 11.8. The molecule has 21 heavy (non-hydrogen) atoms. The zero-order valence-electron chi connectivity index (χ0n) is 14.0. The molecule has 0 spiro atoms. The summed E-state index contributed by atoms with van der Waals surface area (Å²) >= 11 is 0. The molecule has 0 aromatic rings. The predicted molar refractivity (Wildman–Crippen MR) is 88.2 cm³/mol. The van der Waals surface area contributed by atoms with Gasteiger partial charge < -0.3 is 10.6 Å². The van der Waals surface area contributed by atoms with Gasteiger partial charge in [0.25, 0.3) is 0 Å². The smallest absolute Gasteiger partial charge is 0.226 e. The van der Waals surface area contributed by atoms with E-state index in [0.717, 1.165) is 44.7 Å². The van der Waals surface area contributed by atoms with Crippen molar-refractivity contribution in [3.8, 4) is 0 Å². The quantitative estimate of drug-likeness (QED) is 0.785. The maximum Gasteiger partial charge on any atom is 0.226 e. The fourth-order valence-corrected chi connectivity index (χ4v) is 4.32. The third-order valence-electron chi connectivity index (χ3n) is 5.65. The van der Waals surface area contributed by atoms with E-state index in [1.54, 1.807) is 0 Å². The molecular weight excluding hydrogens is 260 g/mol. The topological polar surface area (TPSA) is 41.1 Å². The molecule has 1 saturated carbocycles. The Morgan fingerprint density at radius 3 is 2.33 bits per heavy atom. The Bertz CT molecular complexity index is 310. The van der Waals surface area contributed by atoms with E-state index in [2.05, 4.69) is 24.5 Å². The second kappa shape index (κ2) is 8.17. The van der Waals surface area contributed by atoms with Crippen LogP contribution in [-0.2, 0) is 4.79 Å². The maximum absolute atomic E-state index is 12.8. The van der Waals surface area contributed by atoms with Crippen LogP contribution in [-0.4, -0.2) is 25.0 Å². The van der Waals surface area contributed by atoms with Gasteiger partial charge in [-0.15, -0.1) is 0 Å². The van der Waals surface area contributed by atoms with E-state index in [-0.39, 0.29) is 5.41 Å². The van der Waals surface area contributed by atoms with Crippen LogP contribution in [0.2, 0.25) is 0 Å². The summed E-state index contributed by atoms with van der Waals surface area (Å²) in [5, 5.41) is 6.81. The lowest BCUT2D eigenvalue weighted by Gasteiger charge is -2.38. The lowest BCUT2D eigenvalue weighted by Crippen LogP contribution is -2.50. The molecule has 0 bridgehead atoms. The Morgan fingerprint density at radius 1 is 1.10 bits per heavy atom. The van der Waals surface area contributed by atoms with Gasteiger partial charge in [0, 0.05) is 6.04 Å². The minimum Gasteiger partial charge on any atom is -0.353 e. The number of piperidine rings is 1. The molecule has 0 atom stereocenters. The van der Waals surface area contributed by atoms with Crippen LogP contribution in [0.3, 0.4) is 0 Å². The third-order valence-corrected chi connectivity index (χ3v) is 5.65. The maximum atomic E-state index is 12.8. The normalized spacial score (nSPS) is 29.0. The number of rotatable bonds is 6. The van der Waals surface area contributed by atoms with Crippen LogP contribution in [0.5, 0.6) is 0 Å². The van der Waals surface area contributed by atoms with Gasteiger partial charge in [-0.05, 0) is 64.0 Å². The lowest BCUT2D eigenvalue weighted by molar-refractivity contribution is -0.134. The summed E-state index contributed by atoms with van der Waals surface area (Å²) in [6, 6.07) is 0.439. The highest BCUT2D eigenvalue weighted by Crippen LogP contribution is 2.35. The number of hydrogen-bond donors (Lipinski definition) is 2. The van der Waals surface area contributed by atoms with Gasteiger partial charge in [-0.2, -0.15) is 0 Å². The van der Waals surface area contributed by atoms with Crippen molar-refractivity contribution >= 4 is 5.91 Å². The number of carbonyl (C=O) groups excluding carboxylic acids is 1. The molecule has 1 aliphatic carbocycles. The van der Waals surface area contributed by atoms with Crippen molar-refractivity contribution < 1.29 is 4.79 Å². The SMILES string of the molecule is CCCC1CCC(NC(=O)C2(CCC)CCNCC2)CC1. The molecule has 3 heteroatoms. The lowest BCUT2D eigenvalue weighted by atomic mass is 9.74. The van der Waals surface area contributed by atoms with Crippen LogP contribution in [0.15, 0.2) is 0 Å². The van der Waals surface area contributed by atoms with Crippen molar-refractivity contribution in [2.45, 2.75) is 84.1 Å². The number of nitrogens with one attached hydrogen (secondary N) is 2. The van der Waals surface area contributed by atoms with Gasteiger partial charge in [-0.3, -0.25) is 4.79 Å². The van der Waals surface area contributed by atoms with Crippen LogP contribution in [0.25, 0.3) is 0 Å². The van der Waals surface area contributed by atoms with Gasteiger partial charge in [-0.25, -0.2) is 0 Å². The molecule has 2 fully saturated rings. The highest BCUT2D eigenvalue weighted by molar-refractivity contribution is 5.83. The molecule has 1 heterocycles. The monoisotopic (exact) mass is 294 g/mol. The van der Waals surface area contributed by atoms with Gasteiger partial charge in [-0.1, -0.05) is 33.1 Å². The first-order valence-electron chi connectivity index (χ1n) is 9.22. The minimum absolute atomic E-state index is 0.0831. The highest BCUT2D eigenvalue weighted by Gasteiger charge is 2.39. The first kappa shape index (κ1) is 16.8. The van der Waals surface area contributed by atoms with Crippen molar-refractivity contribution in [3.63, 3.8) is 0 Å². The Labute approximate surface area is 130 Å². The van der Waals surface area contributed by atoms with Gasteiger partial charge in [0.05, 0.1) is 5.41 Å². The number of hydrogen-bond acceptors (Lipinski definition) is 2. The van der Waals surface area contributed by atoms with Gasteiger partial charge in [0.15, 0.2) is 0 Å². The Balaban J connectivity index is 1.85. The minimum atomic E-state index is -0.0831. The van der Waals surface area contributed by atoms with E-state index in [1.165, 1.54) is 38.5 Å². The fraction of sp³-hybridized carbons (Fsp3) is 0.944. The fourth-order valence-electron chi connectivity index (χ4n) is 4.32. The van der Waals surface area contributed by atoms with E-state index < -0.39 is 0 Å². The zero-order chi connectivity index (χ0) is 15.1. The van der Waals surface area contributed by atoms with E-state index in [9.17, 15) is 4.79 Å². The highest BCUT2D eigenvalue weighted by atomic mass is 16.2. The molecule has 3 nitrogen and oxygen atoms in total. The largest absolute Gasteiger partial charge is 0.353 e. The average Bonchev–Trinajstić information content (AvgIpc) is 2.51. The van der Waals surface area contributed by atoms with Crippen LogP contribution in [0.1, 0.15) is 78.1 Å². The molecule has 1 aliphatic heterocycles. The van der Waals surface area contributed by atoms with Crippen LogP contribution in [0.4, 0.5) is 0 Å². The van der Waals surface area contributed by atoms with E-state index in [1.807, 2.05) is 0 Å². The van der Waals surface area contributed by atoms with Crippen molar-refractivity contribution in [2.75, 3.05) is 13.1 Å². The van der Waals surface area contributed by atoms with Crippen LogP contribution in [0, 0.1) is 11.3 Å². The molecule has 1 saturated heterocycles. The van der Waals surface area contributed by atoms with Crippen LogP contribution >= 0.6 is 0 Å². The van der Waals surface area contributed by atoms with Gasteiger partial charge in [0.2, 0.25) is 5.91 Å². The van der Waals surface area contributed by atoms with Gasteiger partial charge >= 0.3 is 0 Å². The first-order chi connectivity index (χ1) is 10.2. The zero-order valence-corrected chi connectivity index (χ0v) is 14.0. The Morgan fingerprint density at radius 2 is 1.76 bits per heavy atom. The average molecular weight is 294 g/mol. The van der Waals surface area contributed by atoms with E-state index >= 15 is 0 Å². The standard InChI is InChI=1S/C18H34N2O/c1-3-5-15-6-8-16(9-7-15)20-17(21)18(10-4-2)11-13-19-14-12-18/h15-16,19H,3-14H2,1-2H3,(H,20,21). The van der Waals surface area contributed by atoms with E-state index in [0.29, 0.717) is 11.9 Å². The second-order valence-corrected chi connectivity index (χ2v) is 7.26. The molecule has 0 unspecified atom stereocenters. The van der Waals surface area contributed by atoms with Crippen molar-refractivity contribution in [2.24, 2.45) is 11.3 Å². The van der Waals surface area contributed by atoms with Gasteiger partial charge in [0.1, 0.15) is 0 Å². The second-order valence-electron chi connectivity index (χ2n) is 7.26.